The lowest BCUT2D eigenvalue weighted by molar-refractivity contribution is -0.122. The van der Waals surface area contributed by atoms with Gasteiger partial charge in [0.05, 0.1) is 22.0 Å². The van der Waals surface area contributed by atoms with Crippen molar-refractivity contribution in [2.75, 3.05) is 10.6 Å². The number of rotatable bonds is 5. The molecule has 0 unspecified atom stereocenters. The number of carbonyl (C=O) groups excluding carboxylic acids is 2. The smallest absolute Gasteiger partial charge is 0.265 e. The number of hydrogen-bond donors (Lipinski definition) is 2. The number of aromatic nitrogens is 1. The molecule has 0 fully saturated rings. The Hall–Kier alpha value is -3.39. The lowest BCUT2D eigenvalue weighted by Crippen LogP contribution is -2.34. The van der Waals surface area contributed by atoms with Crippen LogP contribution in [0.5, 0.6) is 11.5 Å². The molecule has 7 nitrogen and oxygen atoms in total. The van der Waals surface area contributed by atoms with E-state index in [1.807, 2.05) is 18.4 Å². The van der Waals surface area contributed by atoms with Gasteiger partial charge in [0.25, 0.3) is 11.8 Å². The fourth-order valence-electron chi connectivity index (χ4n) is 2.89. The van der Waals surface area contributed by atoms with Crippen molar-refractivity contribution in [2.24, 2.45) is 0 Å². The van der Waals surface area contributed by atoms with Gasteiger partial charge in [0.2, 0.25) is 0 Å². The van der Waals surface area contributed by atoms with E-state index < -0.39 is 6.10 Å². The summed E-state index contributed by atoms with van der Waals surface area (Å²) >= 11 is 1.55. The van der Waals surface area contributed by atoms with Crippen LogP contribution in [0.2, 0.25) is 0 Å². The lowest BCUT2D eigenvalue weighted by atomic mass is 10.1. The Kier molecular flexibility index (Phi) is 5.18. The van der Waals surface area contributed by atoms with Crippen molar-refractivity contribution >= 4 is 34.5 Å². The predicted molar refractivity (Wildman–Crippen MR) is 111 cm³/mol. The molecule has 1 atom stereocenters. The maximum atomic E-state index is 12.8. The molecule has 2 amide bonds. The summed E-state index contributed by atoms with van der Waals surface area (Å²) < 4.78 is 11.4. The fourth-order valence-corrected chi connectivity index (χ4v) is 3.49. The Balaban J connectivity index is 1.49. The molecule has 0 aliphatic carbocycles. The summed E-state index contributed by atoms with van der Waals surface area (Å²) in [6, 6.07) is 12.1. The van der Waals surface area contributed by atoms with E-state index in [-0.39, 0.29) is 18.4 Å². The molecule has 0 saturated carbocycles. The topological polar surface area (TPSA) is 89.5 Å². The number of carbonyl (C=O) groups is 2. The summed E-state index contributed by atoms with van der Waals surface area (Å²) in [5.41, 5.74) is 2.29. The second kappa shape index (κ2) is 7.92. The summed E-state index contributed by atoms with van der Waals surface area (Å²) in [4.78, 5) is 29.0. The van der Waals surface area contributed by atoms with Crippen molar-refractivity contribution in [2.45, 2.75) is 26.6 Å². The van der Waals surface area contributed by atoms with Crippen molar-refractivity contribution in [3.63, 3.8) is 0 Å². The van der Waals surface area contributed by atoms with Crippen LogP contribution in [0.25, 0.3) is 0 Å². The van der Waals surface area contributed by atoms with Gasteiger partial charge in [0.15, 0.2) is 6.10 Å². The Morgan fingerprint density at radius 1 is 1.31 bits per heavy atom. The SMILES string of the molecule is Cc1nc(COc2ccccc2C(=O)Nc2ccc3c(c2)NC(=O)[C@H](C)O3)cs1. The number of thiazole rings is 1. The van der Waals surface area contributed by atoms with Gasteiger partial charge >= 0.3 is 0 Å². The molecule has 0 saturated heterocycles. The van der Waals surface area contributed by atoms with Gasteiger partial charge in [0.1, 0.15) is 18.1 Å². The first kappa shape index (κ1) is 18.9. The van der Waals surface area contributed by atoms with Crippen LogP contribution in [0.4, 0.5) is 11.4 Å². The Bertz CT molecular complexity index is 1080. The summed E-state index contributed by atoms with van der Waals surface area (Å²) in [6.45, 7) is 3.90. The number of anilines is 2. The van der Waals surface area contributed by atoms with Gasteiger partial charge in [0, 0.05) is 11.1 Å². The first-order valence-electron chi connectivity index (χ1n) is 9.05. The fraction of sp³-hybridized carbons (Fsp3) is 0.190. The molecule has 29 heavy (non-hydrogen) atoms. The lowest BCUT2D eigenvalue weighted by Gasteiger charge is -2.23. The van der Waals surface area contributed by atoms with E-state index in [1.165, 1.54) is 0 Å². The quantitative estimate of drug-likeness (QED) is 0.665. The number of benzene rings is 2. The molecule has 0 radical (unpaired) electrons. The van der Waals surface area contributed by atoms with Gasteiger partial charge in [-0.25, -0.2) is 4.98 Å². The van der Waals surface area contributed by atoms with Crippen molar-refractivity contribution < 1.29 is 19.1 Å². The van der Waals surface area contributed by atoms with Gasteiger partial charge in [-0.2, -0.15) is 0 Å². The second-order valence-electron chi connectivity index (χ2n) is 6.56. The molecule has 1 aromatic heterocycles. The maximum absolute atomic E-state index is 12.8. The molecule has 2 N–H and O–H groups in total. The Morgan fingerprint density at radius 3 is 2.93 bits per heavy atom. The molecule has 148 valence electrons. The van der Waals surface area contributed by atoms with E-state index >= 15 is 0 Å². The van der Waals surface area contributed by atoms with E-state index in [1.54, 1.807) is 54.7 Å². The van der Waals surface area contributed by atoms with Gasteiger partial charge < -0.3 is 20.1 Å². The van der Waals surface area contributed by atoms with Gasteiger partial charge in [-0.1, -0.05) is 12.1 Å². The van der Waals surface area contributed by atoms with Crippen molar-refractivity contribution in [1.82, 2.24) is 4.98 Å². The Morgan fingerprint density at radius 2 is 2.14 bits per heavy atom. The third-order valence-corrected chi connectivity index (χ3v) is 5.16. The van der Waals surface area contributed by atoms with Crippen molar-refractivity contribution in [1.29, 1.82) is 0 Å². The monoisotopic (exact) mass is 409 g/mol. The molecule has 1 aliphatic rings. The zero-order chi connectivity index (χ0) is 20.4. The third kappa shape index (κ3) is 4.22. The van der Waals surface area contributed by atoms with Crippen LogP contribution >= 0.6 is 11.3 Å². The zero-order valence-electron chi connectivity index (χ0n) is 15.9. The first-order valence-corrected chi connectivity index (χ1v) is 9.93. The predicted octanol–water partition coefficient (Wildman–Crippen LogP) is 4.00. The number of nitrogens with zero attached hydrogens (tertiary/aromatic N) is 1. The zero-order valence-corrected chi connectivity index (χ0v) is 16.7. The van der Waals surface area contributed by atoms with Crippen LogP contribution in [-0.2, 0) is 11.4 Å². The van der Waals surface area contributed by atoms with Crippen LogP contribution in [-0.4, -0.2) is 22.9 Å². The highest BCUT2D eigenvalue weighted by atomic mass is 32.1. The third-order valence-electron chi connectivity index (χ3n) is 4.34. The molecule has 0 bridgehead atoms. The average molecular weight is 409 g/mol. The minimum atomic E-state index is -0.548. The molecule has 2 aromatic carbocycles. The summed E-state index contributed by atoms with van der Waals surface area (Å²) in [6.07, 6.45) is -0.548. The number of para-hydroxylation sites is 1. The second-order valence-corrected chi connectivity index (χ2v) is 7.62. The number of nitrogens with one attached hydrogen (secondary N) is 2. The molecule has 8 heteroatoms. The van der Waals surface area contributed by atoms with Crippen molar-refractivity contribution in [3.8, 4) is 11.5 Å². The van der Waals surface area contributed by atoms with Crippen LogP contribution in [0, 0.1) is 6.92 Å². The average Bonchev–Trinajstić information content (AvgIpc) is 3.13. The van der Waals surface area contributed by atoms with Crippen LogP contribution < -0.4 is 20.1 Å². The minimum Gasteiger partial charge on any atom is -0.486 e. The molecule has 0 spiro atoms. The van der Waals surface area contributed by atoms with E-state index in [0.717, 1.165) is 10.7 Å². The molecule has 1 aliphatic heterocycles. The Labute approximate surface area is 171 Å². The number of aryl methyl sites for hydroxylation is 1. The van der Waals surface area contributed by atoms with E-state index in [4.69, 9.17) is 9.47 Å². The highest BCUT2D eigenvalue weighted by Gasteiger charge is 2.24. The summed E-state index contributed by atoms with van der Waals surface area (Å²) in [7, 11) is 0. The summed E-state index contributed by atoms with van der Waals surface area (Å²) in [5.74, 6) is 0.500. The van der Waals surface area contributed by atoms with Gasteiger partial charge in [-0.3, -0.25) is 9.59 Å². The highest BCUT2D eigenvalue weighted by Crippen LogP contribution is 2.32. The molecular weight excluding hydrogens is 390 g/mol. The number of fused-ring (bicyclic) bond motifs is 1. The molecular formula is C21H19N3O4S. The molecule has 2 heterocycles. The highest BCUT2D eigenvalue weighted by molar-refractivity contribution is 7.09. The van der Waals surface area contributed by atoms with E-state index in [9.17, 15) is 9.59 Å². The van der Waals surface area contributed by atoms with Crippen LogP contribution in [0.1, 0.15) is 28.0 Å². The number of ether oxygens (including phenoxy) is 2. The van der Waals surface area contributed by atoms with E-state index in [2.05, 4.69) is 15.6 Å². The van der Waals surface area contributed by atoms with Gasteiger partial charge in [-0.15, -0.1) is 11.3 Å². The standard InChI is InChI=1S/C21H19N3O4S/c1-12-20(25)24-17-9-14(7-8-19(17)28-12)23-21(26)16-5-3-4-6-18(16)27-10-15-11-29-13(2)22-15/h3-9,11-12H,10H2,1-2H3,(H,23,26)(H,24,25)/t12-/m0/s1. The van der Waals surface area contributed by atoms with Crippen molar-refractivity contribution in [3.05, 3.63) is 64.1 Å². The first-order chi connectivity index (χ1) is 14.0. The van der Waals surface area contributed by atoms with Gasteiger partial charge in [-0.05, 0) is 44.2 Å². The van der Waals surface area contributed by atoms with E-state index in [0.29, 0.717) is 28.4 Å². The van der Waals surface area contributed by atoms with Crippen LogP contribution in [0.15, 0.2) is 47.8 Å². The normalized spacial score (nSPS) is 15.1. The molecule has 4 rings (SSSR count). The number of amides is 2. The van der Waals surface area contributed by atoms with Crippen LogP contribution in [0.3, 0.4) is 0 Å². The molecule has 3 aromatic rings. The summed E-state index contributed by atoms with van der Waals surface area (Å²) in [5, 5.41) is 8.50. The minimum absolute atomic E-state index is 0.225. The largest absolute Gasteiger partial charge is 0.486 e. The maximum Gasteiger partial charge on any atom is 0.265 e. The number of hydrogen-bond acceptors (Lipinski definition) is 6.